The molecule has 0 aromatic heterocycles. The Hall–Kier alpha value is -2.27. The van der Waals surface area contributed by atoms with Crippen LogP contribution in [0.25, 0.3) is 0 Å². The van der Waals surface area contributed by atoms with Crippen LogP contribution in [0, 0.1) is 6.92 Å². The number of benzene rings is 2. The van der Waals surface area contributed by atoms with Crippen molar-refractivity contribution in [2.75, 3.05) is 31.2 Å². The number of hydrogen-bond donors (Lipinski definition) is 1. The van der Waals surface area contributed by atoms with Crippen LogP contribution in [0.4, 0.5) is 5.69 Å². The number of amides is 1. The maximum absolute atomic E-state index is 13.3. The molecule has 0 bridgehead atoms. The number of sulfonamides is 1. The second-order valence-electron chi connectivity index (χ2n) is 8.33. The molecule has 0 spiro atoms. The summed E-state index contributed by atoms with van der Waals surface area (Å²) >= 11 is 0. The first kappa shape index (κ1) is 24.4. The zero-order valence-electron chi connectivity index (χ0n) is 18.6. The fourth-order valence-electron chi connectivity index (χ4n) is 4.11. The molecular weight excluding hydrogens is 450 g/mol. The maximum Gasteiger partial charge on any atom is 0.243 e. The zero-order valence-corrected chi connectivity index (χ0v) is 20.3. The van der Waals surface area contributed by atoms with Gasteiger partial charge in [-0.05, 0) is 56.7 Å². The first-order valence-electron chi connectivity index (χ1n) is 10.3. The van der Waals surface area contributed by atoms with Crippen LogP contribution in [0.1, 0.15) is 19.4 Å². The normalized spacial score (nSPS) is 20.8. The average Bonchev–Trinajstić information content (AvgIpc) is 2.68. The standard InChI is InChI=1S/C22H29N3O5S2/c1-16-7-5-6-8-21(16)23-22(26)15-24-13-17(2)25(18(3)14-24)32(29,30)20-11-9-19(10-12-20)31(4,27)28/h5-12,17-18H,13-15H2,1-4H3,(H,23,26)/t17-,18+. The van der Waals surface area contributed by atoms with E-state index in [-0.39, 0.29) is 34.3 Å². The molecule has 0 saturated carbocycles. The summed E-state index contributed by atoms with van der Waals surface area (Å²) in [5.41, 5.74) is 1.73. The first-order valence-corrected chi connectivity index (χ1v) is 13.6. The Morgan fingerprint density at radius 3 is 2.00 bits per heavy atom. The number of piperazine rings is 1. The summed E-state index contributed by atoms with van der Waals surface area (Å²) in [5, 5.41) is 2.91. The number of anilines is 1. The van der Waals surface area contributed by atoms with Crippen LogP contribution in [0.2, 0.25) is 0 Å². The van der Waals surface area contributed by atoms with E-state index in [0.29, 0.717) is 13.1 Å². The predicted octanol–water partition coefficient (Wildman–Crippen LogP) is 2.12. The minimum absolute atomic E-state index is 0.0503. The van der Waals surface area contributed by atoms with Gasteiger partial charge in [-0.15, -0.1) is 0 Å². The van der Waals surface area contributed by atoms with Crippen LogP contribution in [-0.4, -0.2) is 69.9 Å². The van der Waals surface area contributed by atoms with E-state index in [2.05, 4.69) is 5.32 Å². The quantitative estimate of drug-likeness (QED) is 0.681. The number of nitrogens with zero attached hydrogens (tertiary/aromatic N) is 2. The van der Waals surface area contributed by atoms with Crippen molar-refractivity contribution in [3.05, 3.63) is 54.1 Å². The largest absolute Gasteiger partial charge is 0.325 e. The smallest absolute Gasteiger partial charge is 0.243 e. The lowest BCUT2D eigenvalue weighted by atomic mass is 10.1. The fourth-order valence-corrected chi connectivity index (χ4v) is 6.54. The summed E-state index contributed by atoms with van der Waals surface area (Å²) in [6.45, 7) is 6.53. The van der Waals surface area contributed by atoms with Crippen molar-refractivity contribution < 1.29 is 21.6 Å². The molecule has 32 heavy (non-hydrogen) atoms. The molecule has 2 aromatic rings. The van der Waals surface area contributed by atoms with Crippen molar-refractivity contribution in [2.24, 2.45) is 0 Å². The average molecular weight is 480 g/mol. The van der Waals surface area contributed by atoms with Crippen molar-refractivity contribution in [2.45, 2.75) is 42.6 Å². The predicted molar refractivity (Wildman–Crippen MR) is 124 cm³/mol. The van der Waals surface area contributed by atoms with Gasteiger partial charge in [-0.25, -0.2) is 16.8 Å². The number of carbonyl (C=O) groups is 1. The molecule has 2 atom stereocenters. The highest BCUT2D eigenvalue weighted by molar-refractivity contribution is 7.90. The second kappa shape index (κ2) is 9.30. The molecule has 3 rings (SSSR count). The summed E-state index contributed by atoms with van der Waals surface area (Å²) in [6, 6.07) is 12.1. The highest BCUT2D eigenvalue weighted by Gasteiger charge is 2.38. The van der Waals surface area contributed by atoms with E-state index in [1.807, 2.05) is 49.9 Å². The minimum atomic E-state index is -3.82. The van der Waals surface area contributed by atoms with E-state index in [1.54, 1.807) is 0 Å². The van der Waals surface area contributed by atoms with Gasteiger partial charge in [0.25, 0.3) is 0 Å². The lowest BCUT2D eigenvalue weighted by Crippen LogP contribution is -2.59. The van der Waals surface area contributed by atoms with Crippen LogP contribution >= 0.6 is 0 Å². The highest BCUT2D eigenvalue weighted by Crippen LogP contribution is 2.26. The minimum Gasteiger partial charge on any atom is -0.325 e. The van der Waals surface area contributed by atoms with Gasteiger partial charge in [0.05, 0.1) is 16.3 Å². The highest BCUT2D eigenvalue weighted by atomic mass is 32.2. The van der Waals surface area contributed by atoms with Crippen molar-refractivity contribution in [1.82, 2.24) is 9.21 Å². The molecule has 1 aliphatic heterocycles. The fraction of sp³-hybridized carbons (Fsp3) is 0.409. The van der Waals surface area contributed by atoms with Crippen molar-refractivity contribution in [3.8, 4) is 0 Å². The molecule has 174 valence electrons. The molecule has 10 heteroatoms. The van der Waals surface area contributed by atoms with E-state index in [9.17, 15) is 21.6 Å². The van der Waals surface area contributed by atoms with E-state index < -0.39 is 19.9 Å². The van der Waals surface area contributed by atoms with E-state index in [4.69, 9.17) is 0 Å². The van der Waals surface area contributed by atoms with Gasteiger partial charge in [0.1, 0.15) is 0 Å². The Kier molecular flexibility index (Phi) is 7.09. The Labute approximate surface area is 190 Å². The summed E-state index contributed by atoms with van der Waals surface area (Å²) in [7, 11) is -7.23. The molecule has 1 aliphatic rings. The molecule has 8 nitrogen and oxygen atoms in total. The van der Waals surface area contributed by atoms with Gasteiger partial charge < -0.3 is 5.32 Å². The van der Waals surface area contributed by atoms with Crippen LogP contribution in [0.5, 0.6) is 0 Å². The number of nitrogens with one attached hydrogen (secondary N) is 1. The lowest BCUT2D eigenvalue weighted by molar-refractivity contribution is -0.118. The van der Waals surface area contributed by atoms with Gasteiger partial charge in [-0.3, -0.25) is 9.69 Å². The third-order valence-corrected chi connectivity index (χ3v) is 8.80. The maximum atomic E-state index is 13.3. The summed E-state index contributed by atoms with van der Waals surface area (Å²) in [5.74, 6) is -0.147. The second-order valence-corrected chi connectivity index (χ2v) is 12.2. The van der Waals surface area contributed by atoms with Gasteiger partial charge in [0.2, 0.25) is 15.9 Å². The Morgan fingerprint density at radius 2 is 1.47 bits per heavy atom. The van der Waals surface area contributed by atoms with Crippen LogP contribution in [0.3, 0.4) is 0 Å². The molecule has 1 fully saturated rings. The summed E-state index contributed by atoms with van der Waals surface area (Å²) in [4.78, 5) is 14.6. The molecule has 0 radical (unpaired) electrons. The molecule has 1 heterocycles. The van der Waals surface area contributed by atoms with Crippen molar-refractivity contribution in [1.29, 1.82) is 0 Å². The molecule has 1 saturated heterocycles. The van der Waals surface area contributed by atoms with Crippen LogP contribution in [-0.2, 0) is 24.7 Å². The topological polar surface area (TPSA) is 104 Å². The van der Waals surface area contributed by atoms with E-state index >= 15 is 0 Å². The molecule has 1 amide bonds. The van der Waals surface area contributed by atoms with E-state index in [1.165, 1.54) is 28.6 Å². The number of hydrogen-bond acceptors (Lipinski definition) is 6. The number of para-hydroxylation sites is 1. The van der Waals surface area contributed by atoms with Crippen molar-refractivity contribution in [3.63, 3.8) is 0 Å². The van der Waals surface area contributed by atoms with Gasteiger partial charge in [0, 0.05) is 37.1 Å². The van der Waals surface area contributed by atoms with Gasteiger partial charge in [0.15, 0.2) is 9.84 Å². The summed E-state index contributed by atoms with van der Waals surface area (Å²) in [6.07, 6.45) is 1.08. The number of rotatable bonds is 6. The number of sulfone groups is 1. The van der Waals surface area contributed by atoms with E-state index in [0.717, 1.165) is 17.5 Å². The van der Waals surface area contributed by atoms with Gasteiger partial charge in [-0.1, -0.05) is 18.2 Å². The molecule has 2 aromatic carbocycles. The zero-order chi connectivity index (χ0) is 23.7. The number of aryl methyl sites for hydroxylation is 1. The Bertz CT molecular complexity index is 1180. The Morgan fingerprint density at radius 1 is 0.938 bits per heavy atom. The first-order chi connectivity index (χ1) is 14.9. The summed E-state index contributed by atoms with van der Waals surface area (Å²) < 4.78 is 51.3. The van der Waals surface area contributed by atoms with Gasteiger partial charge in [-0.2, -0.15) is 4.31 Å². The molecular formula is C22H29N3O5S2. The SMILES string of the molecule is Cc1ccccc1NC(=O)CN1C[C@@H](C)N(S(=O)(=O)c2ccc(S(C)(=O)=O)cc2)[C@@H](C)C1. The third kappa shape index (κ3) is 5.37. The lowest BCUT2D eigenvalue weighted by Gasteiger charge is -2.43. The third-order valence-electron chi connectivity index (χ3n) is 5.53. The molecule has 0 unspecified atom stereocenters. The van der Waals surface area contributed by atoms with Crippen molar-refractivity contribution >= 4 is 31.5 Å². The van der Waals surface area contributed by atoms with Crippen LogP contribution in [0.15, 0.2) is 58.3 Å². The van der Waals surface area contributed by atoms with Crippen LogP contribution < -0.4 is 5.32 Å². The number of carbonyl (C=O) groups excluding carboxylic acids is 1. The Balaban J connectivity index is 1.70. The van der Waals surface area contributed by atoms with Gasteiger partial charge >= 0.3 is 0 Å². The monoisotopic (exact) mass is 479 g/mol. The molecule has 1 N–H and O–H groups in total. The molecule has 0 aliphatic carbocycles.